The SMILES string of the molecule is C=CCCc1ccc(-c2ccc(-c3ccc(CCc4cc(F)c(F)c(F)c4)c(F)c3F)cc2)c(F)c1. The number of hydrogen-bond acceptors (Lipinski definition) is 0. The van der Waals surface area contributed by atoms with E-state index in [1.54, 1.807) is 36.4 Å². The lowest BCUT2D eigenvalue weighted by Crippen LogP contribution is -2.01. The molecule has 0 saturated carbocycles. The fraction of sp³-hybridized carbons (Fsp3) is 0.133. The summed E-state index contributed by atoms with van der Waals surface area (Å²) in [6, 6.07) is 16.0. The maximum atomic E-state index is 14.9. The monoisotopic (exact) mass is 496 g/mol. The zero-order valence-corrected chi connectivity index (χ0v) is 19.2. The summed E-state index contributed by atoms with van der Waals surface area (Å²) < 4.78 is 84.2. The maximum absolute atomic E-state index is 14.9. The van der Waals surface area contributed by atoms with Gasteiger partial charge in [-0.3, -0.25) is 0 Å². The molecule has 0 heterocycles. The van der Waals surface area contributed by atoms with Gasteiger partial charge >= 0.3 is 0 Å². The summed E-state index contributed by atoms with van der Waals surface area (Å²) in [6.45, 7) is 3.66. The molecule has 0 aliphatic heterocycles. The van der Waals surface area contributed by atoms with Gasteiger partial charge in [-0.1, -0.05) is 54.6 Å². The van der Waals surface area contributed by atoms with Crippen LogP contribution in [-0.4, -0.2) is 0 Å². The van der Waals surface area contributed by atoms with Crippen LogP contribution in [0.5, 0.6) is 0 Å². The molecule has 6 heteroatoms. The van der Waals surface area contributed by atoms with E-state index in [1.165, 1.54) is 18.2 Å². The van der Waals surface area contributed by atoms with Gasteiger partial charge in [0.2, 0.25) is 0 Å². The van der Waals surface area contributed by atoms with E-state index in [1.807, 2.05) is 6.07 Å². The number of rotatable bonds is 8. The standard InChI is InChI=1S/C30H22F6/c1-2-3-4-18-6-13-23(25(31)15-18)20-8-10-21(11-9-20)24-14-12-22(28(34)29(24)35)7-5-19-16-26(32)30(36)27(33)17-19/h2,6,8-17H,1,3-5,7H2. The average molecular weight is 496 g/mol. The van der Waals surface area contributed by atoms with Gasteiger partial charge in [0, 0.05) is 11.1 Å². The average Bonchev–Trinajstić information content (AvgIpc) is 2.87. The van der Waals surface area contributed by atoms with E-state index < -0.39 is 29.1 Å². The highest BCUT2D eigenvalue weighted by molar-refractivity contribution is 5.71. The smallest absolute Gasteiger partial charge is 0.194 e. The van der Waals surface area contributed by atoms with Crippen LogP contribution < -0.4 is 0 Å². The topological polar surface area (TPSA) is 0 Å². The van der Waals surface area contributed by atoms with Crippen LogP contribution in [0.3, 0.4) is 0 Å². The van der Waals surface area contributed by atoms with Crippen molar-refractivity contribution in [2.24, 2.45) is 0 Å². The lowest BCUT2D eigenvalue weighted by molar-refractivity contribution is 0.445. The Kier molecular flexibility index (Phi) is 7.63. The predicted molar refractivity (Wildman–Crippen MR) is 129 cm³/mol. The lowest BCUT2D eigenvalue weighted by Gasteiger charge is -2.11. The molecule has 0 radical (unpaired) electrons. The minimum Gasteiger partial charge on any atom is -0.206 e. The predicted octanol–water partition coefficient (Wildman–Crippen LogP) is 8.76. The Morgan fingerprint density at radius 2 is 1.11 bits per heavy atom. The van der Waals surface area contributed by atoms with Gasteiger partial charge in [-0.05, 0) is 71.7 Å². The number of halogens is 6. The van der Waals surface area contributed by atoms with Crippen LogP contribution >= 0.6 is 0 Å². The van der Waals surface area contributed by atoms with Crippen LogP contribution in [0.15, 0.2) is 79.4 Å². The minimum atomic E-state index is -1.57. The summed E-state index contributed by atoms with van der Waals surface area (Å²) >= 11 is 0. The molecule has 4 aromatic carbocycles. The second-order valence-electron chi connectivity index (χ2n) is 8.49. The van der Waals surface area contributed by atoms with Crippen LogP contribution in [0, 0.1) is 34.9 Å². The van der Waals surface area contributed by atoms with Crippen molar-refractivity contribution in [3.63, 3.8) is 0 Å². The van der Waals surface area contributed by atoms with Crippen LogP contribution in [-0.2, 0) is 19.3 Å². The van der Waals surface area contributed by atoms with E-state index in [4.69, 9.17) is 0 Å². The minimum absolute atomic E-state index is 0.00350. The lowest BCUT2D eigenvalue weighted by atomic mass is 9.96. The Morgan fingerprint density at radius 1 is 0.528 bits per heavy atom. The van der Waals surface area contributed by atoms with Crippen molar-refractivity contribution < 1.29 is 26.3 Å². The van der Waals surface area contributed by atoms with Gasteiger partial charge in [0.05, 0.1) is 0 Å². The normalized spacial score (nSPS) is 11.1. The highest BCUT2D eigenvalue weighted by atomic mass is 19.2. The first kappa shape index (κ1) is 25.3. The number of aryl methyl sites for hydroxylation is 3. The molecule has 4 rings (SSSR count). The summed E-state index contributed by atoms with van der Waals surface area (Å²) in [5.41, 5.74) is 2.46. The molecule has 36 heavy (non-hydrogen) atoms. The van der Waals surface area contributed by atoms with Crippen molar-refractivity contribution in [3.8, 4) is 22.3 Å². The summed E-state index contributed by atoms with van der Waals surface area (Å²) in [6.07, 6.45) is 3.17. The van der Waals surface area contributed by atoms with Crippen molar-refractivity contribution in [2.75, 3.05) is 0 Å². The Bertz CT molecular complexity index is 1380. The van der Waals surface area contributed by atoms with Crippen LogP contribution in [0.2, 0.25) is 0 Å². The number of benzene rings is 4. The molecule has 0 amide bonds. The largest absolute Gasteiger partial charge is 0.206 e. The van der Waals surface area contributed by atoms with Crippen molar-refractivity contribution in [2.45, 2.75) is 25.7 Å². The third-order valence-corrected chi connectivity index (χ3v) is 6.07. The van der Waals surface area contributed by atoms with Gasteiger partial charge in [-0.25, -0.2) is 26.3 Å². The summed E-state index contributed by atoms with van der Waals surface area (Å²) in [7, 11) is 0. The number of hydrogen-bond donors (Lipinski definition) is 0. The van der Waals surface area contributed by atoms with Crippen molar-refractivity contribution in [1.29, 1.82) is 0 Å². The molecular weight excluding hydrogens is 474 g/mol. The molecule has 0 aliphatic rings. The Balaban J connectivity index is 1.52. The zero-order chi connectivity index (χ0) is 25.8. The van der Waals surface area contributed by atoms with Gasteiger partial charge in [0.1, 0.15) is 5.82 Å². The molecule has 184 valence electrons. The second-order valence-corrected chi connectivity index (χ2v) is 8.49. The summed E-state index contributed by atoms with van der Waals surface area (Å²) in [4.78, 5) is 0. The Morgan fingerprint density at radius 3 is 1.72 bits per heavy atom. The zero-order valence-electron chi connectivity index (χ0n) is 19.2. The Hall–Kier alpha value is -3.80. The van der Waals surface area contributed by atoms with Crippen molar-refractivity contribution >= 4 is 0 Å². The van der Waals surface area contributed by atoms with Gasteiger partial charge in [0.25, 0.3) is 0 Å². The van der Waals surface area contributed by atoms with Gasteiger partial charge < -0.3 is 0 Å². The van der Waals surface area contributed by atoms with E-state index in [2.05, 4.69) is 6.58 Å². The van der Waals surface area contributed by atoms with E-state index in [-0.39, 0.29) is 35.3 Å². The van der Waals surface area contributed by atoms with Crippen molar-refractivity contribution in [1.82, 2.24) is 0 Å². The summed E-state index contributed by atoms with van der Waals surface area (Å²) in [5, 5.41) is 0. The Labute approximate surface area is 205 Å². The number of allylic oxidation sites excluding steroid dienone is 1. The molecular formula is C30H22F6. The van der Waals surface area contributed by atoms with Gasteiger partial charge in [0.15, 0.2) is 29.1 Å². The molecule has 0 spiro atoms. The van der Waals surface area contributed by atoms with Crippen LogP contribution in [0.25, 0.3) is 22.3 Å². The highest BCUT2D eigenvalue weighted by Crippen LogP contribution is 2.31. The molecule has 0 nitrogen and oxygen atoms in total. The maximum Gasteiger partial charge on any atom is 0.194 e. The summed E-state index contributed by atoms with van der Waals surface area (Å²) in [5.74, 6) is -6.74. The molecule has 0 aromatic heterocycles. The molecule has 0 atom stereocenters. The molecule has 0 fully saturated rings. The highest BCUT2D eigenvalue weighted by Gasteiger charge is 2.16. The van der Waals surface area contributed by atoms with E-state index in [0.29, 0.717) is 23.1 Å². The third-order valence-electron chi connectivity index (χ3n) is 6.07. The van der Waals surface area contributed by atoms with E-state index >= 15 is 0 Å². The van der Waals surface area contributed by atoms with Gasteiger partial charge in [-0.2, -0.15) is 0 Å². The van der Waals surface area contributed by atoms with Gasteiger partial charge in [-0.15, -0.1) is 6.58 Å². The molecule has 0 saturated heterocycles. The molecule has 0 bridgehead atoms. The van der Waals surface area contributed by atoms with Crippen LogP contribution in [0.1, 0.15) is 23.1 Å². The molecule has 4 aromatic rings. The molecule has 0 unspecified atom stereocenters. The van der Waals surface area contributed by atoms with Crippen molar-refractivity contribution in [3.05, 3.63) is 131 Å². The quantitative estimate of drug-likeness (QED) is 0.130. The third kappa shape index (κ3) is 5.38. The van der Waals surface area contributed by atoms with E-state index in [0.717, 1.165) is 24.1 Å². The molecule has 0 aliphatic carbocycles. The first-order valence-electron chi connectivity index (χ1n) is 11.4. The van der Waals surface area contributed by atoms with E-state index in [9.17, 15) is 26.3 Å². The molecule has 0 N–H and O–H groups in total. The van der Waals surface area contributed by atoms with Crippen LogP contribution in [0.4, 0.5) is 26.3 Å². The first-order chi connectivity index (χ1) is 17.3. The fourth-order valence-electron chi connectivity index (χ4n) is 4.08. The second kappa shape index (κ2) is 10.9. The fourth-order valence-corrected chi connectivity index (χ4v) is 4.08. The first-order valence-corrected chi connectivity index (χ1v) is 11.4.